The highest BCUT2D eigenvalue weighted by Gasteiger charge is 2.21. The Hall–Kier alpha value is -0.620. The molecule has 1 fully saturated rings. The Balaban J connectivity index is 1.99. The quantitative estimate of drug-likeness (QED) is 0.866. The SMILES string of the molecule is OCCOC1CCN(c2cc(Br)ccc2CO)CC1. The number of aliphatic hydroxyl groups is 2. The van der Waals surface area contributed by atoms with E-state index < -0.39 is 0 Å². The molecule has 5 heteroatoms. The first kappa shape index (κ1) is 14.8. The highest BCUT2D eigenvalue weighted by molar-refractivity contribution is 9.10. The molecule has 0 bridgehead atoms. The average molecular weight is 330 g/mol. The summed E-state index contributed by atoms with van der Waals surface area (Å²) in [5.74, 6) is 0. The Morgan fingerprint density at radius 3 is 2.63 bits per heavy atom. The first-order valence-corrected chi connectivity index (χ1v) is 7.40. The van der Waals surface area contributed by atoms with Crippen LogP contribution in [0, 0.1) is 0 Å². The largest absolute Gasteiger partial charge is 0.394 e. The second-order valence-corrected chi connectivity index (χ2v) is 5.63. The lowest BCUT2D eigenvalue weighted by Gasteiger charge is -2.34. The molecule has 4 nitrogen and oxygen atoms in total. The van der Waals surface area contributed by atoms with Crippen LogP contribution in [0.3, 0.4) is 0 Å². The third-order valence-corrected chi connectivity index (χ3v) is 3.94. The van der Waals surface area contributed by atoms with E-state index >= 15 is 0 Å². The van der Waals surface area contributed by atoms with Crippen LogP contribution in [0.2, 0.25) is 0 Å². The van der Waals surface area contributed by atoms with Gasteiger partial charge in [-0.1, -0.05) is 22.0 Å². The van der Waals surface area contributed by atoms with Crippen LogP contribution < -0.4 is 4.90 Å². The molecule has 1 heterocycles. The Labute approximate surface area is 122 Å². The molecule has 19 heavy (non-hydrogen) atoms. The highest BCUT2D eigenvalue weighted by atomic mass is 79.9. The van der Waals surface area contributed by atoms with Crippen molar-refractivity contribution in [3.8, 4) is 0 Å². The zero-order valence-corrected chi connectivity index (χ0v) is 12.5. The van der Waals surface area contributed by atoms with E-state index in [1.807, 2.05) is 12.1 Å². The van der Waals surface area contributed by atoms with Crippen molar-refractivity contribution in [3.05, 3.63) is 28.2 Å². The van der Waals surface area contributed by atoms with E-state index in [2.05, 4.69) is 26.9 Å². The van der Waals surface area contributed by atoms with E-state index in [4.69, 9.17) is 9.84 Å². The number of halogens is 1. The molecule has 0 aliphatic carbocycles. The minimum absolute atomic E-state index is 0.0591. The number of aliphatic hydroxyl groups excluding tert-OH is 2. The maximum absolute atomic E-state index is 9.41. The Morgan fingerprint density at radius 1 is 1.26 bits per heavy atom. The number of benzene rings is 1. The van der Waals surface area contributed by atoms with Crippen LogP contribution in [0.15, 0.2) is 22.7 Å². The van der Waals surface area contributed by atoms with Gasteiger partial charge in [-0.05, 0) is 25.0 Å². The number of anilines is 1. The second kappa shape index (κ2) is 7.24. The standard InChI is InChI=1S/C14H20BrNO3/c15-12-2-1-11(10-18)14(9-12)16-5-3-13(4-6-16)19-8-7-17/h1-2,9,13,17-18H,3-8,10H2. The van der Waals surface area contributed by atoms with Crippen molar-refractivity contribution in [2.45, 2.75) is 25.6 Å². The molecule has 0 atom stereocenters. The third-order valence-electron chi connectivity index (χ3n) is 3.45. The van der Waals surface area contributed by atoms with Gasteiger partial charge in [-0.2, -0.15) is 0 Å². The molecular weight excluding hydrogens is 310 g/mol. The fourth-order valence-corrected chi connectivity index (χ4v) is 2.80. The molecule has 0 unspecified atom stereocenters. The van der Waals surface area contributed by atoms with E-state index in [0.717, 1.165) is 41.7 Å². The Morgan fingerprint density at radius 2 is 2.00 bits per heavy atom. The fourth-order valence-electron chi connectivity index (χ4n) is 2.45. The van der Waals surface area contributed by atoms with Gasteiger partial charge in [0, 0.05) is 28.8 Å². The van der Waals surface area contributed by atoms with E-state index in [-0.39, 0.29) is 19.3 Å². The summed E-state index contributed by atoms with van der Waals surface area (Å²) in [6.07, 6.45) is 2.16. The van der Waals surface area contributed by atoms with Crippen LogP contribution in [0.5, 0.6) is 0 Å². The lowest BCUT2D eigenvalue weighted by atomic mass is 10.1. The summed E-state index contributed by atoms with van der Waals surface area (Å²) in [6, 6.07) is 5.96. The summed E-state index contributed by atoms with van der Waals surface area (Å²) in [5, 5.41) is 18.2. The Kier molecular flexibility index (Phi) is 5.63. The number of hydrogen-bond donors (Lipinski definition) is 2. The van der Waals surface area contributed by atoms with Gasteiger partial charge in [-0.3, -0.25) is 0 Å². The molecular formula is C14H20BrNO3. The molecule has 2 rings (SSSR count). The number of hydrogen-bond acceptors (Lipinski definition) is 4. The van der Waals surface area contributed by atoms with Crippen molar-refractivity contribution < 1.29 is 14.9 Å². The van der Waals surface area contributed by atoms with Gasteiger partial charge in [-0.15, -0.1) is 0 Å². The molecule has 0 saturated carbocycles. The molecule has 1 aliphatic rings. The third kappa shape index (κ3) is 3.92. The molecule has 1 aliphatic heterocycles. The summed E-state index contributed by atoms with van der Waals surface area (Å²) >= 11 is 3.48. The number of rotatable bonds is 5. The number of nitrogens with zero attached hydrogens (tertiary/aromatic N) is 1. The summed E-state index contributed by atoms with van der Waals surface area (Å²) in [4.78, 5) is 2.29. The van der Waals surface area contributed by atoms with Gasteiger partial charge in [0.1, 0.15) is 0 Å². The molecule has 106 valence electrons. The van der Waals surface area contributed by atoms with E-state index in [1.165, 1.54) is 0 Å². The molecule has 1 saturated heterocycles. The summed E-state index contributed by atoms with van der Waals surface area (Å²) in [6.45, 7) is 2.40. The molecule has 1 aromatic rings. The van der Waals surface area contributed by atoms with Crippen molar-refractivity contribution in [1.82, 2.24) is 0 Å². The highest BCUT2D eigenvalue weighted by Crippen LogP contribution is 2.28. The van der Waals surface area contributed by atoms with Crippen LogP contribution in [0.1, 0.15) is 18.4 Å². The molecule has 0 spiro atoms. The summed E-state index contributed by atoms with van der Waals surface area (Å²) in [5.41, 5.74) is 2.05. The van der Waals surface area contributed by atoms with E-state index in [1.54, 1.807) is 0 Å². The zero-order valence-electron chi connectivity index (χ0n) is 10.9. The zero-order chi connectivity index (χ0) is 13.7. The van der Waals surface area contributed by atoms with Gasteiger partial charge in [-0.25, -0.2) is 0 Å². The lowest BCUT2D eigenvalue weighted by Crippen LogP contribution is -2.37. The molecule has 2 N–H and O–H groups in total. The minimum Gasteiger partial charge on any atom is -0.394 e. The van der Waals surface area contributed by atoms with Crippen LogP contribution >= 0.6 is 15.9 Å². The van der Waals surface area contributed by atoms with E-state index in [0.29, 0.717) is 6.61 Å². The summed E-state index contributed by atoms with van der Waals surface area (Å²) in [7, 11) is 0. The van der Waals surface area contributed by atoms with E-state index in [9.17, 15) is 5.11 Å². The monoisotopic (exact) mass is 329 g/mol. The topological polar surface area (TPSA) is 52.9 Å². The lowest BCUT2D eigenvalue weighted by molar-refractivity contribution is 0.0159. The van der Waals surface area contributed by atoms with Gasteiger partial charge < -0.3 is 19.8 Å². The second-order valence-electron chi connectivity index (χ2n) is 4.71. The Bertz CT molecular complexity index is 406. The molecule has 0 amide bonds. The summed E-state index contributed by atoms with van der Waals surface area (Å²) < 4.78 is 6.59. The van der Waals surface area contributed by atoms with Gasteiger partial charge >= 0.3 is 0 Å². The van der Waals surface area contributed by atoms with Crippen molar-refractivity contribution in [3.63, 3.8) is 0 Å². The van der Waals surface area contributed by atoms with Crippen LogP contribution in [0.4, 0.5) is 5.69 Å². The van der Waals surface area contributed by atoms with Crippen LogP contribution in [-0.4, -0.2) is 42.6 Å². The minimum atomic E-state index is 0.0591. The van der Waals surface area contributed by atoms with Crippen molar-refractivity contribution in [2.75, 3.05) is 31.2 Å². The average Bonchev–Trinajstić information content (AvgIpc) is 2.45. The predicted octanol–water partition coefficient (Wildman–Crippen LogP) is 1.92. The predicted molar refractivity (Wildman–Crippen MR) is 78.3 cm³/mol. The smallest absolute Gasteiger partial charge is 0.0702 e. The number of ether oxygens (including phenoxy) is 1. The van der Waals surface area contributed by atoms with Crippen molar-refractivity contribution >= 4 is 21.6 Å². The first-order valence-electron chi connectivity index (χ1n) is 6.61. The van der Waals surface area contributed by atoms with Gasteiger partial charge in [0.05, 0.1) is 25.9 Å². The first-order chi connectivity index (χ1) is 9.24. The molecule has 1 aromatic carbocycles. The maximum Gasteiger partial charge on any atom is 0.0702 e. The fraction of sp³-hybridized carbons (Fsp3) is 0.571. The normalized spacial score (nSPS) is 16.9. The van der Waals surface area contributed by atoms with Crippen molar-refractivity contribution in [1.29, 1.82) is 0 Å². The maximum atomic E-state index is 9.41. The van der Waals surface area contributed by atoms with Gasteiger partial charge in [0.15, 0.2) is 0 Å². The molecule has 0 radical (unpaired) electrons. The molecule has 0 aromatic heterocycles. The van der Waals surface area contributed by atoms with Crippen LogP contribution in [0.25, 0.3) is 0 Å². The van der Waals surface area contributed by atoms with Crippen LogP contribution in [-0.2, 0) is 11.3 Å². The van der Waals surface area contributed by atoms with Crippen molar-refractivity contribution in [2.24, 2.45) is 0 Å². The number of piperidine rings is 1. The van der Waals surface area contributed by atoms with Gasteiger partial charge in [0.2, 0.25) is 0 Å². The van der Waals surface area contributed by atoms with Gasteiger partial charge in [0.25, 0.3) is 0 Å².